The number of carbonyl (C=O) groups is 1. The van der Waals surface area contributed by atoms with Gasteiger partial charge < -0.3 is 15.0 Å². The molecule has 0 aromatic rings. The Morgan fingerprint density at radius 3 is 2.56 bits per heavy atom. The first-order chi connectivity index (χ1) is 8.57. The van der Waals surface area contributed by atoms with Crippen LogP contribution in [-0.2, 0) is 9.53 Å². The highest BCUT2D eigenvalue weighted by Crippen LogP contribution is 2.33. The van der Waals surface area contributed by atoms with E-state index in [-0.39, 0.29) is 17.6 Å². The van der Waals surface area contributed by atoms with E-state index in [1.807, 2.05) is 18.7 Å². The zero-order valence-electron chi connectivity index (χ0n) is 11.9. The molecule has 2 aliphatic heterocycles. The molecule has 18 heavy (non-hydrogen) atoms. The molecule has 0 aromatic carbocycles. The van der Waals surface area contributed by atoms with Crippen molar-refractivity contribution in [1.29, 1.82) is 0 Å². The molecule has 104 valence electrons. The maximum Gasteiger partial charge on any atom is 0.230 e. The summed E-state index contributed by atoms with van der Waals surface area (Å²) < 4.78 is 5.71. The molecule has 0 radical (unpaired) electrons. The number of morpholine rings is 1. The lowest BCUT2D eigenvalue weighted by Crippen LogP contribution is -2.56. The molecule has 4 heteroatoms. The summed E-state index contributed by atoms with van der Waals surface area (Å²) in [5, 5.41) is 3.39. The average molecular weight is 254 g/mol. The molecule has 1 amide bonds. The maximum atomic E-state index is 12.8. The zero-order chi connectivity index (χ0) is 13.2. The molecule has 0 spiro atoms. The van der Waals surface area contributed by atoms with Crippen LogP contribution in [0.4, 0.5) is 0 Å². The third-order valence-electron chi connectivity index (χ3n) is 4.31. The second-order valence-corrected chi connectivity index (χ2v) is 5.88. The van der Waals surface area contributed by atoms with Crippen LogP contribution in [0.15, 0.2) is 0 Å². The van der Waals surface area contributed by atoms with Crippen LogP contribution in [0.3, 0.4) is 0 Å². The summed E-state index contributed by atoms with van der Waals surface area (Å²) in [6.07, 6.45) is 3.37. The first-order valence-corrected chi connectivity index (χ1v) is 7.23. The highest BCUT2D eigenvalue weighted by atomic mass is 16.5. The fraction of sp³-hybridized carbons (Fsp3) is 0.929. The molecule has 2 aliphatic rings. The molecule has 0 bridgehead atoms. The van der Waals surface area contributed by atoms with Gasteiger partial charge in [-0.3, -0.25) is 4.79 Å². The van der Waals surface area contributed by atoms with E-state index >= 15 is 0 Å². The minimum atomic E-state index is -0.172. The van der Waals surface area contributed by atoms with Crippen molar-refractivity contribution in [1.82, 2.24) is 10.2 Å². The van der Waals surface area contributed by atoms with Gasteiger partial charge in [0, 0.05) is 19.6 Å². The quantitative estimate of drug-likeness (QED) is 0.810. The lowest BCUT2D eigenvalue weighted by Gasteiger charge is -2.43. The molecular weight excluding hydrogens is 228 g/mol. The number of hydrogen-bond acceptors (Lipinski definition) is 3. The summed E-state index contributed by atoms with van der Waals surface area (Å²) in [6.45, 7) is 9.60. The van der Waals surface area contributed by atoms with Crippen LogP contribution >= 0.6 is 0 Å². The number of nitrogens with one attached hydrogen (secondary N) is 1. The Labute approximate surface area is 110 Å². The summed E-state index contributed by atoms with van der Waals surface area (Å²) in [5.41, 5.74) is -0.172. The molecule has 0 aromatic heterocycles. The highest BCUT2D eigenvalue weighted by Gasteiger charge is 2.42. The van der Waals surface area contributed by atoms with Crippen molar-refractivity contribution < 1.29 is 9.53 Å². The minimum absolute atomic E-state index is 0.156. The average Bonchev–Trinajstić information content (AvgIpc) is 2.37. The Morgan fingerprint density at radius 2 is 2.06 bits per heavy atom. The Hall–Kier alpha value is -0.610. The van der Waals surface area contributed by atoms with Crippen molar-refractivity contribution in [2.24, 2.45) is 5.41 Å². The van der Waals surface area contributed by atoms with E-state index in [0.717, 1.165) is 45.4 Å². The number of amides is 1. The summed E-state index contributed by atoms with van der Waals surface area (Å²) in [6, 6.07) is 0. The highest BCUT2D eigenvalue weighted by molar-refractivity contribution is 5.83. The van der Waals surface area contributed by atoms with Crippen LogP contribution in [0.5, 0.6) is 0 Å². The number of rotatable bonds is 2. The van der Waals surface area contributed by atoms with Gasteiger partial charge in [-0.05, 0) is 39.7 Å². The number of hydrogen-bond donors (Lipinski definition) is 1. The van der Waals surface area contributed by atoms with Gasteiger partial charge in [0.2, 0.25) is 5.91 Å². The predicted molar refractivity (Wildman–Crippen MR) is 71.4 cm³/mol. The van der Waals surface area contributed by atoms with Gasteiger partial charge in [-0.25, -0.2) is 0 Å². The van der Waals surface area contributed by atoms with Crippen LogP contribution in [0, 0.1) is 5.41 Å². The smallest absolute Gasteiger partial charge is 0.230 e. The number of carbonyl (C=O) groups excluding carboxylic acids is 1. The summed E-state index contributed by atoms with van der Waals surface area (Å²) in [4.78, 5) is 14.9. The van der Waals surface area contributed by atoms with Gasteiger partial charge in [0.25, 0.3) is 0 Å². The van der Waals surface area contributed by atoms with Crippen LogP contribution < -0.4 is 5.32 Å². The van der Waals surface area contributed by atoms with E-state index in [1.54, 1.807) is 0 Å². The van der Waals surface area contributed by atoms with E-state index < -0.39 is 0 Å². The maximum absolute atomic E-state index is 12.8. The Kier molecular flexibility index (Phi) is 4.28. The van der Waals surface area contributed by atoms with Gasteiger partial charge in [0.15, 0.2) is 0 Å². The van der Waals surface area contributed by atoms with E-state index in [4.69, 9.17) is 4.74 Å². The first-order valence-electron chi connectivity index (χ1n) is 7.23. The molecule has 2 fully saturated rings. The third kappa shape index (κ3) is 2.69. The fourth-order valence-electron chi connectivity index (χ4n) is 3.28. The van der Waals surface area contributed by atoms with Crippen molar-refractivity contribution in [2.45, 2.75) is 52.2 Å². The first kappa shape index (κ1) is 13.8. The second-order valence-electron chi connectivity index (χ2n) is 5.88. The van der Waals surface area contributed by atoms with E-state index in [2.05, 4.69) is 12.2 Å². The molecule has 0 aliphatic carbocycles. The monoisotopic (exact) mass is 254 g/mol. The molecule has 2 saturated heterocycles. The molecule has 1 unspecified atom stereocenters. The Morgan fingerprint density at radius 1 is 1.39 bits per heavy atom. The van der Waals surface area contributed by atoms with Crippen molar-refractivity contribution in [2.75, 3.05) is 26.2 Å². The Bertz CT molecular complexity index is 290. The number of nitrogens with zero attached hydrogens (tertiary/aromatic N) is 1. The van der Waals surface area contributed by atoms with Gasteiger partial charge >= 0.3 is 0 Å². The van der Waals surface area contributed by atoms with Gasteiger partial charge in [0.1, 0.15) is 0 Å². The standard InChI is InChI=1S/C14H26N2O2/c1-4-14(6-5-7-15-10-14)13(17)16-8-11(2)18-12(3)9-16/h11-12,15H,4-10H2,1-3H3/t11-,12+,14?. The van der Waals surface area contributed by atoms with Gasteiger partial charge in [-0.15, -0.1) is 0 Å². The van der Waals surface area contributed by atoms with Crippen molar-refractivity contribution in [3.05, 3.63) is 0 Å². The topological polar surface area (TPSA) is 41.6 Å². The zero-order valence-corrected chi connectivity index (χ0v) is 11.9. The molecule has 1 N–H and O–H groups in total. The molecule has 2 rings (SSSR count). The SMILES string of the molecule is CCC1(C(=O)N2C[C@@H](C)O[C@@H](C)C2)CCCNC1. The van der Waals surface area contributed by atoms with Gasteiger partial charge in [0.05, 0.1) is 17.6 Å². The molecule has 4 nitrogen and oxygen atoms in total. The van der Waals surface area contributed by atoms with Crippen LogP contribution in [0.1, 0.15) is 40.0 Å². The second kappa shape index (κ2) is 5.57. The van der Waals surface area contributed by atoms with Gasteiger partial charge in [-0.1, -0.05) is 6.92 Å². The summed E-state index contributed by atoms with van der Waals surface area (Å²) in [5.74, 6) is 0.333. The van der Waals surface area contributed by atoms with E-state index in [9.17, 15) is 4.79 Å². The van der Waals surface area contributed by atoms with Gasteiger partial charge in [-0.2, -0.15) is 0 Å². The fourth-order valence-corrected chi connectivity index (χ4v) is 3.28. The third-order valence-corrected chi connectivity index (χ3v) is 4.31. The molecular formula is C14H26N2O2. The summed E-state index contributed by atoms with van der Waals surface area (Å²) >= 11 is 0. The van der Waals surface area contributed by atoms with Crippen LogP contribution in [-0.4, -0.2) is 49.2 Å². The number of piperidine rings is 1. The minimum Gasteiger partial charge on any atom is -0.372 e. The largest absolute Gasteiger partial charge is 0.372 e. The van der Waals surface area contributed by atoms with Crippen LogP contribution in [0.25, 0.3) is 0 Å². The number of ether oxygens (including phenoxy) is 1. The van der Waals surface area contributed by atoms with Crippen LogP contribution in [0.2, 0.25) is 0 Å². The van der Waals surface area contributed by atoms with Crippen molar-refractivity contribution in [3.8, 4) is 0 Å². The molecule has 2 heterocycles. The molecule has 0 saturated carbocycles. The Balaban J connectivity index is 2.08. The predicted octanol–water partition coefficient (Wildman–Crippen LogP) is 1.40. The molecule has 3 atom stereocenters. The van der Waals surface area contributed by atoms with E-state index in [1.165, 1.54) is 0 Å². The van der Waals surface area contributed by atoms with Crippen molar-refractivity contribution in [3.63, 3.8) is 0 Å². The summed E-state index contributed by atoms with van der Waals surface area (Å²) in [7, 11) is 0. The lowest BCUT2D eigenvalue weighted by molar-refractivity contribution is -0.155. The lowest BCUT2D eigenvalue weighted by atomic mass is 9.77. The van der Waals surface area contributed by atoms with E-state index in [0.29, 0.717) is 5.91 Å². The normalized spacial score (nSPS) is 37.6. The van der Waals surface area contributed by atoms with Crippen molar-refractivity contribution >= 4 is 5.91 Å².